The Bertz CT molecular complexity index is 1440. The number of aromatic nitrogens is 1. The lowest BCUT2D eigenvalue weighted by atomic mass is 9.81. The van der Waals surface area contributed by atoms with E-state index in [1.54, 1.807) is 29.7 Å². The van der Waals surface area contributed by atoms with Crippen LogP contribution in [0.2, 0.25) is 0 Å². The predicted molar refractivity (Wildman–Crippen MR) is 141 cm³/mol. The normalized spacial score (nSPS) is 15.5. The molecule has 1 amide bonds. The van der Waals surface area contributed by atoms with Gasteiger partial charge in [0.05, 0.1) is 21.6 Å². The first-order valence-corrected chi connectivity index (χ1v) is 14.0. The maximum atomic E-state index is 13.2. The Labute approximate surface area is 217 Å². The first kappa shape index (κ1) is 27.0. The second-order valence-corrected chi connectivity index (χ2v) is 12.0. The fourth-order valence-corrected chi connectivity index (χ4v) is 6.77. The van der Waals surface area contributed by atoms with E-state index < -0.39 is 26.9 Å². The highest BCUT2D eigenvalue weighted by atomic mass is 32.2. The summed E-state index contributed by atoms with van der Waals surface area (Å²) in [5.41, 5.74) is 7.56. The van der Waals surface area contributed by atoms with E-state index in [2.05, 4.69) is 26.8 Å². The summed E-state index contributed by atoms with van der Waals surface area (Å²) in [6.45, 7) is 11.0. The number of rotatable bonds is 7. The molecule has 2 aromatic carbocycles. The van der Waals surface area contributed by atoms with Crippen LogP contribution in [0, 0.1) is 40.0 Å². The van der Waals surface area contributed by atoms with E-state index >= 15 is 0 Å². The van der Waals surface area contributed by atoms with Crippen molar-refractivity contribution in [3.05, 3.63) is 63.8 Å². The Morgan fingerprint density at radius 2 is 1.70 bits per heavy atom. The third-order valence-corrected chi connectivity index (χ3v) is 9.62. The number of hydrogen-bond acceptors (Lipinski definition) is 7. The van der Waals surface area contributed by atoms with E-state index in [1.165, 1.54) is 11.1 Å². The third-order valence-electron chi connectivity index (χ3n) is 7.70. The average molecular weight is 527 g/mol. The highest BCUT2D eigenvalue weighted by Crippen LogP contribution is 2.36. The minimum atomic E-state index is -3.79. The van der Waals surface area contributed by atoms with Gasteiger partial charge in [0.15, 0.2) is 9.84 Å². The Morgan fingerprint density at radius 1 is 1.05 bits per heavy atom. The first-order chi connectivity index (χ1) is 17.5. The highest BCUT2D eigenvalue weighted by Gasteiger charge is 2.44. The maximum absolute atomic E-state index is 13.2. The molecule has 198 valence electrons. The third kappa shape index (κ3) is 5.21. The fourth-order valence-electron chi connectivity index (χ4n) is 4.90. The van der Waals surface area contributed by atoms with Crippen LogP contribution in [0.4, 0.5) is 0 Å². The molecule has 9 heteroatoms. The van der Waals surface area contributed by atoms with Crippen LogP contribution in [0.15, 0.2) is 35.2 Å². The quantitative estimate of drug-likeness (QED) is 0.346. The minimum Gasteiger partial charge on any atom is -0.488 e. The molecule has 3 aromatic rings. The Hall–Kier alpha value is -3.01. The van der Waals surface area contributed by atoms with Crippen molar-refractivity contribution in [1.82, 2.24) is 10.5 Å². The molecule has 0 radical (unpaired) electrons. The van der Waals surface area contributed by atoms with E-state index in [0.29, 0.717) is 0 Å². The lowest BCUT2D eigenvalue weighted by Crippen LogP contribution is -2.47. The van der Waals surface area contributed by atoms with Gasteiger partial charge in [0.1, 0.15) is 12.4 Å². The number of hydroxylamine groups is 1. The molecule has 1 fully saturated rings. The Balaban J connectivity index is 1.57. The van der Waals surface area contributed by atoms with E-state index in [9.17, 15) is 18.4 Å². The lowest BCUT2D eigenvalue weighted by molar-refractivity contribution is -0.143. The van der Waals surface area contributed by atoms with Gasteiger partial charge in [0.25, 0.3) is 5.91 Å². The first-order valence-electron chi connectivity index (χ1n) is 12.3. The number of carbonyl (C=O) groups is 1. The van der Waals surface area contributed by atoms with E-state index in [1.807, 2.05) is 13.8 Å². The number of nitrogens with zero attached hydrogens (tertiary/aromatic N) is 1. The zero-order valence-electron chi connectivity index (χ0n) is 22.0. The molecule has 37 heavy (non-hydrogen) atoms. The van der Waals surface area contributed by atoms with E-state index in [0.717, 1.165) is 39.0 Å². The molecule has 8 nitrogen and oxygen atoms in total. The van der Waals surface area contributed by atoms with Crippen LogP contribution in [0.3, 0.4) is 0 Å². The topological polar surface area (TPSA) is 115 Å². The molecule has 2 N–H and O–H groups in total. The number of carbonyl (C=O) groups excluding carboxylic acids is 1. The summed E-state index contributed by atoms with van der Waals surface area (Å²) in [6, 6.07) is 8.64. The largest absolute Gasteiger partial charge is 0.488 e. The number of amides is 1. The van der Waals surface area contributed by atoms with Gasteiger partial charge >= 0.3 is 0 Å². The number of ether oxygens (including phenoxy) is 2. The number of benzene rings is 2. The zero-order chi connectivity index (χ0) is 27.0. The molecular formula is C28H34N2O6S. The fraction of sp³-hybridized carbons (Fsp3) is 0.429. The molecule has 1 aliphatic heterocycles. The van der Waals surface area contributed by atoms with Gasteiger partial charge in [-0.15, -0.1) is 0 Å². The van der Waals surface area contributed by atoms with Crippen LogP contribution in [0.1, 0.15) is 46.4 Å². The van der Waals surface area contributed by atoms with Crippen LogP contribution in [-0.4, -0.2) is 43.5 Å². The smallest absolute Gasteiger partial charge is 0.250 e. The predicted octanol–water partition coefficient (Wildman–Crippen LogP) is 4.43. The molecule has 0 atom stereocenters. The number of fused-ring (bicyclic) bond motifs is 1. The molecule has 1 aliphatic rings. The van der Waals surface area contributed by atoms with Gasteiger partial charge in [-0.05, 0) is 87.9 Å². The molecule has 0 bridgehead atoms. The summed E-state index contributed by atoms with van der Waals surface area (Å²) in [5, 5.41) is 10.2. The van der Waals surface area contributed by atoms with Crippen molar-refractivity contribution in [2.75, 3.05) is 19.0 Å². The molecule has 1 saturated heterocycles. The number of pyridine rings is 1. The summed E-state index contributed by atoms with van der Waals surface area (Å²) >= 11 is 0. The number of aryl methyl sites for hydroxylation is 3. The van der Waals surface area contributed by atoms with Gasteiger partial charge in [-0.3, -0.25) is 15.0 Å². The monoisotopic (exact) mass is 526 g/mol. The van der Waals surface area contributed by atoms with Crippen molar-refractivity contribution >= 4 is 26.6 Å². The van der Waals surface area contributed by atoms with Gasteiger partial charge in [-0.25, -0.2) is 13.9 Å². The summed E-state index contributed by atoms with van der Waals surface area (Å²) in [5.74, 6) is -0.312. The summed E-state index contributed by atoms with van der Waals surface area (Å²) in [4.78, 5) is 17.3. The molecule has 0 aliphatic carbocycles. The molecule has 0 unspecified atom stereocenters. The van der Waals surface area contributed by atoms with Gasteiger partial charge in [-0.2, -0.15) is 0 Å². The molecular weight excluding hydrogens is 492 g/mol. The van der Waals surface area contributed by atoms with Crippen molar-refractivity contribution in [2.45, 2.75) is 59.0 Å². The standard InChI is InChI=1S/C28H34N2O6S/c1-17-14-24-25(19(3)18(17)2)29-21(5)20(4)26(24)36-15-22-6-8-23(9-7-22)37(33,34)16-28(27(31)30-32)10-12-35-13-11-28/h6-9,14,32H,10-13,15-16H2,1-5H3,(H,30,31). The van der Waals surface area contributed by atoms with Crippen LogP contribution >= 0.6 is 0 Å². The second-order valence-electron chi connectivity index (χ2n) is 10.0. The van der Waals surface area contributed by atoms with E-state index in [-0.39, 0.29) is 37.6 Å². The van der Waals surface area contributed by atoms with Gasteiger partial charge in [0, 0.05) is 29.9 Å². The van der Waals surface area contributed by atoms with Crippen molar-refractivity contribution in [1.29, 1.82) is 0 Å². The maximum Gasteiger partial charge on any atom is 0.250 e. The van der Waals surface area contributed by atoms with Crippen LogP contribution in [0.25, 0.3) is 10.9 Å². The van der Waals surface area contributed by atoms with Crippen LogP contribution in [-0.2, 0) is 26.0 Å². The number of nitrogens with one attached hydrogen (secondary N) is 1. The summed E-state index contributed by atoms with van der Waals surface area (Å²) < 4.78 is 38.0. The second kappa shape index (κ2) is 10.4. The van der Waals surface area contributed by atoms with Crippen molar-refractivity contribution in [3.8, 4) is 5.75 Å². The Kier molecular flexibility index (Phi) is 7.60. The average Bonchev–Trinajstić information content (AvgIpc) is 2.88. The van der Waals surface area contributed by atoms with E-state index in [4.69, 9.17) is 14.5 Å². The van der Waals surface area contributed by atoms with Crippen LogP contribution < -0.4 is 10.2 Å². The lowest BCUT2D eigenvalue weighted by Gasteiger charge is -2.34. The molecule has 0 spiro atoms. The van der Waals surface area contributed by atoms with Crippen molar-refractivity contribution < 1.29 is 27.9 Å². The zero-order valence-corrected chi connectivity index (χ0v) is 22.8. The molecule has 0 saturated carbocycles. The van der Waals surface area contributed by atoms with Gasteiger partial charge in [0.2, 0.25) is 0 Å². The van der Waals surface area contributed by atoms with Crippen molar-refractivity contribution in [3.63, 3.8) is 0 Å². The summed E-state index contributed by atoms with van der Waals surface area (Å²) in [6.07, 6.45) is 0.448. The molecule has 4 rings (SSSR count). The van der Waals surface area contributed by atoms with Gasteiger partial charge in [-0.1, -0.05) is 12.1 Å². The number of sulfone groups is 1. The van der Waals surface area contributed by atoms with Gasteiger partial charge < -0.3 is 9.47 Å². The van der Waals surface area contributed by atoms with Crippen LogP contribution in [0.5, 0.6) is 5.75 Å². The minimum absolute atomic E-state index is 0.121. The SMILES string of the molecule is Cc1cc2c(OCc3ccc(S(=O)(=O)CC4(C(=O)NO)CCOCC4)cc3)c(C)c(C)nc2c(C)c1C. The molecule has 1 aromatic heterocycles. The highest BCUT2D eigenvalue weighted by molar-refractivity contribution is 7.91. The molecule has 2 heterocycles. The Morgan fingerprint density at radius 3 is 2.32 bits per heavy atom. The summed E-state index contributed by atoms with van der Waals surface area (Å²) in [7, 11) is -3.79. The number of hydrogen-bond donors (Lipinski definition) is 2. The van der Waals surface area contributed by atoms with Crippen molar-refractivity contribution in [2.24, 2.45) is 5.41 Å².